The fourth-order valence-corrected chi connectivity index (χ4v) is 3.56. The highest BCUT2D eigenvalue weighted by Crippen LogP contribution is 2.29. The zero-order valence-corrected chi connectivity index (χ0v) is 14.6. The molecule has 6 heteroatoms. The lowest BCUT2D eigenvalue weighted by atomic mass is 10.2. The Morgan fingerprint density at radius 1 is 1.08 bits per heavy atom. The van der Waals surface area contributed by atoms with Gasteiger partial charge in [-0.3, -0.25) is 4.79 Å². The lowest BCUT2D eigenvalue weighted by Gasteiger charge is -2.02. The third kappa shape index (κ3) is 3.04. The van der Waals surface area contributed by atoms with Crippen molar-refractivity contribution in [3.8, 4) is 5.75 Å². The van der Waals surface area contributed by atoms with Crippen molar-refractivity contribution in [2.75, 3.05) is 12.4 Å². The van der Waals surface area contributed by atoms with Crippen LogP contribution in [-0.4, -0.2) is 23.0 Å². The van der Waals surface area contributed by atoms with Crippen LogP contribution in [0, 0.1) is 6.92 Å². The highest BCUT2D eigenvalue weighted by Gasteiger charge is 2.13. The third-order valence-corrected chi connectivity index (χ3v) is 4.91. The Kier molecular flexibility index (Phi) is 3.82. The van der Waals surface area contributed by atoms with E-state index in [0.29, 0.717) is 10.7 Å². The second-order valence-electron chi connectivity index (χ2n) is 5.67. The first-order valence-electron chi connectivity index (χ1n) is 7.76. The largest absolute Gasteiger partial charge is 0.497 e. The van der Waals surface area contributed by atoms with Crippen LogP contribution in [0.25, 0.3) is 21.1 Å². The van der Waals surface area contributed by atoms with E-state index in [-0.39, 0.29) is 5.91 Å². The quantitative estimate of drug-likeness (QED) is 0.595. The number of aromatic nitrogens is 2. The average molecular weight is 349 g/mol. The van der Waals surface area contributed by atoms with Crippen molar-refractivity contribution in [3.63, 3.8) is 0 Å². The summed E-state index contributed by atoms with van der Waals surface area (Å²) < 4.78 is 5.26. The number of pyridine rings is 2. The molecule has 0 aliphatic heterocycles. The minimum atomic E-state index is -0.178. The fraction of sp³-hybridized carbons (Fsp3) is 0.105. The molecule has 5 nitrogen and oxygen atoms in total. The predicted molar refractivity (Wildman–Crippen MR) is 101 cm³/mol. The van der Waals surface area contributed by atoms with E-state index in [1.807, 2.05) is 49.4 Å². The molecule has 0 aliphatic rings. The fourth-order valence-electron chi connectivity index (χ4n) is 2.64. The molecule has 1 amide bonds. The number of anilines is 1. The van der Waals surface area contributed by atoms with Gasteiger partial charge in [0.1, 0.15) is 16.4 Å². The molecule has 0 bridgehead atoms. The molecule has 3 aromatic heterocycles. The summed E-state index contributed by atoms with van der Waals surface area (Å²) in [5.41, 5.74) is 1.73. The van der Waals surface area contributed by atoms with Crippen LogP contribution in [0.1, 0.15) is 15.4 Å². The molecule has 4 aromatic rings. The third-order valence-electron chi connectivity index (χ3n) is 3.86. The van der Waals surface area contributed by atoms with Crippen molar-refractivity contribution in [2.45, 2.75) is 6.92 Å². The van der Waals surface area contributed by atoms with E-state index in [0.717, 1.165) is 32.6 Å². The monoisotopic (exact) mass is 349 g/mol. The lowest BCUT2D eigenvalue weighted by molar-refractivity contribution is 0.103. The summed E-state index contributed by atoms with van der Waals surface area (Å²) in [6, 6.07) is 15.2. The number of hydrogen-bond donors (Lipinski definition) is 1. The van der Waals surface area contributed by atoms with Gasteiger partial charge in [0.25, 0.3) is 5.91 Å². The van der Waals surface area contributed by atoms with Crippen LogP contribution in [0.15, 0.2) is 48.5 Å². The van der Waals surface area contributed by atoms with E-state index in [9.17, 15) is 4.79 Å². The first kappa shape index (κ1) is 15.5. The summed E-state index contributed by atoms with van der Waals surface area (Å²) in [6.07, 6.45) is 0. The molecule has 0 aliphatic carbocycles. The Labute approximate surface area is 148 Å². The lowest BCUT2D eigenvalue weighted by Crippen LogP contribution is -2.11. The topological polar surface area (TPSA) is 64.1 Å². The number of nitrogens with one attached hydrogen (secondary N) is 1. The van der Waals surface area contributed by atoms with Crippen LogP contribution < -0.4 is 10.1 Å². The second-order valence-corrected chi connectivity index (χ2v) is 6.70. The number of carbonyl (C=O) groups excluding carboxylic acids is 1. The molecular formula is C19H15N3O2S. The van der Waals surface area contributed by atoms with Crippen LogP contribution >= 0.6 is 11.3 Å². The standard InChI is InChI=1S/C19H15N3O2S/c1-11-4-3-5-17(20-11)22-18(23)16-10-13-8-12-9-14(24-2)6-7-15(12)21-19(13)25-16/h3-10H,1-2H3,(H,20,22,23). The summed E-state index contributed by atoms with van der Waals surface area (Å²) in [5.74, 6) is 1.15. The SMILES string of the molecule is COc1ccc2nc3sc(C(=O)Nc4cccc(C)n4)cc3cc2c1. The summed E-state index contributed by atoms with van der Waals surface area (Å²) in [5, 5.41) is 4.75. The van der Waals surface area contributed by atoms with E-state index in [2.05, 4.69) is 15.3 Å². The number of hydrogen-bond acceptors (Lipinski definition) is 5. The van der Waals surface area contributed by atoms with Crippen molar-refractivity contribution in [3.05, 3.63) is 59.1 Å². The Hall–Kier alpha value is -2.99. The van der Waals surface area contributed by atoms with E-state index in [1.54, 1.807) is 13.2 Å². The second kappa shape index (κ2) is 6.14. The van der Waals surface area contributed by atoms with Gasteiger partial charge in [-0.05, 0) is 49.4 Å². The molecule has 0 radical (unpaired) electrons. The van der Waals surface area contributed by atoms with Crippen molar-refractivity contribution in [2.24, 2.45) is 0 Å². The number of fused-ring (bicyclic) bond motifs is 2. The van der Waals surface area contributed by atoms with Crippen LogP contribution in [0.5, 0.6) is 5.75 Å². The van der Waals surface area contributed by atoms with Crippen molar-refractivity contribution >= 4 is 44.2 Å². The maximum absolute atomic E-state index is 12.5. The van der Waals surface area contributed by atoms with Crippen LogP contribution in [0.3, 0.4) is 0 Å². The molecular weight excluding hydrogens is 334 g/mol. The van der Waals surface area contributed by atoms with Crippen LogP contribution in [0.4, 0.5) is 5.82 Å². The summed E-state index contributed by atoms with van der Waals surface area (Å²) in [4.78, 5) is 22.9. The van der Waals surface area contributed by atoms with Gasteiger partial charge in [-0.15, -0.1) is 11.3 Å². The number of benzene rings is 1. The zero-order chi connectivity index (χ0) is 17.4. The Balaban J connectivity index is 1.70. The van der Waals surface area contributed by atoms with E-state index >= 15 is 0 Å². The molecule has 0 unspecified atom stereocenters. The van der Waals surface area contributed by atoms with Gasteiger partial charge in [-0.25, -0.2) is 9.97 Å². The Morgan fingerprint density at radius 3 is 2.76 bits per heavy atom. The van der Waals surface area contributed by atoms with Gasteiger partial charge in [-0.1, -0.05) is 6.07 Å². The van der Waals surface area contributed by atoms with Gasteiger partial charge in [0.2, 0.25) is 0 Å². The van der Waals surface area contributed by atoms with E-state index in [4.69, 9.17) is 4.74 Å². The highest BCUT2D eigenvalue weighted by molar-refractivity contribution is 7.20. The molecule has 4 rings (SSSR count). The summed E-state index contributed by atoms with van der Waals surface area (Å²) >= 11 is 1.37. The number of amides is 1. The maximum atomic E-state index is 12.5. The van der Waals surface area contributed by atoms with Crippen molar-refractivity contribution in [1.82, 2.24) is 9.97 Å². The molecule has 0 fully saturated rings. The summed E-state index contributed by atoms with van der Waals surface area (Å²) in [7, 11) is 1.64. The molecule has 0 spiro atoms. The molecule has 0 saturated carbocycles. The van der Waals surface area contributed by atoms with E-state index < -0.39 is 0 Å². The summed E-state index contributed by atoms with van der Waals surface area (Å²) in [6.45, 7) is 1.89. The van der Waals surface area contributed by atoms with Crippen LogP contribution in [0.2, 0.25) is 0 Å². The normalized spacial score (nSPS) is 11.0. The molecule has 1 aromatic carbocycles. The molecule has 3 heterocycles. The number of methoxy groups -OCH3 is 1. The van der Waals surface area contributed by atoms with E-state index in [1.165, 1.54) is 11.3 Å². The number of carbonyl (C=O) groups is 1. The van der Waals surface area contributed by atoms with Gasteiger partial charge >= 0.3 is 0 Å². The Morgan fingerprint density at radius 2 is 1.96 bits per heavy atom. The maximum Gasteiger partial charge on any atom is 0.266 e. The average Bonchev–Trinajstić information content (AvgIpc) is 3.02. The zero-order valence-electron chi connectivity index (χ0n) is 13.7. The van der Waals surface area contributed by atoms with Crippen molar-refractivity contribution < 1.29 is 9.53 Å². The molecule has 1 N–H and O–H groups in total. The molecule has 0 atom stereocenters. The number of aryl methyl sites for hydroxylation is 1. The molecule has 124 valence electrons. The molecule has 0 saturated heterocycles. The molecule has 25 heavy (non-hydrogen) atoms. The first-order valence-corrected chi connectivity index (χ1v) is 8.57. The van der Waals surface area contributed by atoms with Gasteiger partial charge in [-0.2, -0.15) is 0 Å². The first-order chi connectivity index (χ1) is 12.1. The number of ether oxygens (including phenoxy) is 1. The predicted octanol–water partition coefficient (Wildman–Crippen LogP) is 4.41. The van der Waals surface area contributed by atoms with Crippen LogP contribution in [-0.2, 0) is 0 Å². The van der Waals surface area contributed by atoms with Crippen molar-refractivity contribution in [1.29, 1.82) is 0 Å². The highest BCUT2D eigenvalue weighted by atomic mass is 32.1. The Bertz CT molecular complexity index is 1100. The van der Waals surface area contributed by atoms with Gasteiger partial charge in [0.15, 0.2) is 0 Å². The number of rotatable bonds is 3. The van der Waals surface area contributed by atoms with Gasteiger partial charge < -0.3 is 10.1 Å². The minimum Gasteiger partial charge on any atom is -0.497 e. The van der Waals surface area contributed by atoms with Gasteiger partial charge in [0, 0.05) is 16.5 Å². The minimum absolute atomic E-state index is 0.178. The number of nitrogens with zero attached hydrogens (tertiary/aromatic N) is 2. The van der Waals surface area contributed by atoms with Gasteiger partial charge in [0.05, 0.1) is 17.5 Å². The number of thiophene rings is 1. The smallest absolute Gasteiger partial charge is 0.266 e.